The van der Waals surface area contributed by atoms with Crippen LogP contribution in [0.25, 0.3) is 0 Å². The van der Waals surface area contributed by atoms with E-state index in [0.29, 0.717) is 5.91 Å². The van der Waals surface area contributed by atoms with Crippen molar-refractivity contribution < 1.29 is 4.79 Å². The Balaban J connectivity index is 1.52. The van der Waals surface area contributed by atoms with Gasteiger partial charge in [-0.2, -0.15) is 0 Å². The van der Waals surface area contributed by atoms with Gasteiger partial charge in [-0.25, -0.2) is 0 Å². The Labute approximate surface area is 141 Å². The summed E-state index contributed by atoms with van der Waals surface area (Å²) in [5.74, 6) is 2.76. The maximum absolute atomic E-state index is 13.1. The van der Waals surface area contributed by atoms with Crippen molar-refractivity contribution in [1.29, 1.82) is 0 Å². The van der Waals surface area contributed by atoms with Crippen molar-refractivity contribution in [3.05, 3.63) is 34.3 Å². The van der Waals surface area contributed by atoms with Crippen LogP contribution in [0, 0.1) is 23.2 Å². The quantitative estimate of drug-likeness (QED) is 0.819. The second-order valence-electron chi connectivity index (χ2n) is 7.91. The van der Waals surface area contributed by atoms with Crippen LogP contribution in [0.3, 0.4) is 0 Å². The summed E-state index contributed by atoms with van der Waals surface area (Å²) >= 11 is 3.60. The minimum absolute atomic E-state index is 0.0513. The van der Waals surface area contributed by atoms with Crippen molar-refractivity contribution in [2.24, 2.45) is 23.2 Å². The van der Waals surface area contributed by atoms with Crippen LogP contribution in [0.1, 0.15) is 57.1 Å². The normalized spacial score (nSPS) is 37.1. The first-order valence-corrected chi connectivity index (χ1v) is 9.40. The molecule has 0 aromatic heterocycles. The average Bonchev–Trinajstić information content (AvgIpc) is 2.46. The molecule has 0 saturated heterocycles. The third-order valence-electron chi connectivity index (χ3n) is 6.24. The molecular formula is C19H24BrNO. The molecule has 4 fully saturated rings. The molecule has 1 N–H and O–H groups in total. The minimum atomic E-state index is -0.0513. The summed E-state index contributed by atoms with van der Waals surface area (Å²) in [6.45, 7) is 2.10. The van der Waals surface area contributed by atoms with E-state index in [9.17, 15) is 4.79 Å². The number of carbonyl (C=O) groups is 1. The molecule has 1 amide bonds. The maximum atomic E-state index is 13.1. The van der Waals surface area contributed by atoms with Crippen LogP contribution in [0.15, 0.2) is 28.7 Å². The Morgan fingerprint density at radius 1 is 1.14 bits per heavy atom. The topological polar surface area (TPSA) is 29.1 Å². The monoisotopic (exact) mass is 361 g/mol. The number of hydrogen-bond acceptors (Lipinski definition) is 1. The smallest absolute Gasteiger partial charge is 0.226 e. The van der Waals surface area contributed by atoms with Crippen LogP contribution in [0.5, 0.6) is 0 Å². The van der Waals surface area contributed by atoms with E-state index in [4.69, 9.17) is 0 Å². The summed E-state index contributed by atoms with van der Waals surface area (Å²) < 4.78 is 1.08. The fraction of sp³-hybridized carbons (Fsp3) is 0.632. The molecule has 2 nitrogen and oxygen atoms in total. The molecule has 118 valence electrons. The summed E-state index contributed by atoms with van der Waals surface area (Å²) in [6, 6.07) is 8.25. The van der Waals surface area contributed by atoms with Crippen LogP contribution >= 0.6 is 15.9 Å². The highest BCUT2D eigenvalue weighted by Gasteiger charge is 2.54. The SMILES string of the molecule is CC(NC(=O)C12CC3CC(CC(C3)C1)C2)c1ccccc1Br. The number of hydrogen-bond donors (Lipinski definition) is 1. The van der Waals surface area contributed by atoms with Gasteiger partial charge in [0.25, 0.3) is 0 Å². The van der Waals surface area contributed by atoms with Crippen LogP contribution in [-0.2, 0) is 4.79 Å². The van der Waals surface area contributed by atoms with E-state index in [2.05, 4.69) is 34.2 Å². The first-order valence-electron chi connectivity index (χ1n) is 8.61. The number of rotatable bonds is 3. The zero-order valence-electron chi connectivity index (χ0n) is 13.1. The summed E-state index contributed by atoms with van der Waals surface area (Å²) in [5, 5.41) is 3.33. The molecule has 1 aromatic rings. The predicted molar refractivity (Wildman–Crippen MR) is 91.3 cm³/mol. The molecule has 4 aliphatic rings. The zero-order chi connectivity index (χ0) is 15.3. The van der Waals surface area contributed by atoms with Crippen molar-refractivity contribution in [3.8, 4) is 0 Å². The Bertz CT molecular complexity index is 562. The van der Waals surface area contributed by atoms with Crippen LogP contribution in [0.4, 0.5) is 0 Å². The van der Waals surface area contributed by atoms with E-state index in [1.54, 1.807) is 0 Å². The molecule has 0 aliphatic heterocycles. The fourth-order valence-corrected chi connectivity index (χ4v) is 6.27. The molecule has 0 spiro atoms. The summed E-state index contributed by atoms with van der Waals surface area (Å²) in [5.41, 5.74) is 1.12. The molecule has 0 heterocycles. The first kappa shape index (κ1) is 14.7. The standard InChI is InChI=1S/C19H24BrNO/c1-12(16-4-2-3-5-17(16)20)21-18(22)19-9-13-6-14(10-19)8-15(7-13)11-19/h2-5,12-15H,6-11H2,1H3,(H,21,22). The molecule has 22 heavy (non-hydrogen) atoms. The van der Waals surface area contributed by atoms with Gasteiger partial charge in [0, 0.05) is 9.89 Å². The average molecular weight is 362 g/mol. The van der Waals surface area contributed by atoms with Gasteiger partial charge in [0.1, 0.15) is 0 Å². The van der Waals surface area contributed by atoms with Crippen molar-refractivity contribution in [2.45, 2.75) is 51.5 Å². The zero-order valence-corrected chi connectivity index (χ0v) is 14.7. The molecular weight excluding hydrogens is 338 g/mol. The lowest BCUT2D eigenvalue weighted by Gasteiger charge is -2.55. The minimum Gasteiger partial charge on any atom is -0.349 e. The van der Waals surface area contributed by atoms with E-state index in [-0.39, 0.29) is 11.5 Å². The lowest BCUT2D eigenvalue weighted by Crippen LogP contribution is -2.53. The number of nitrogens with one attached hydrogen (secondary N) is 1. The van der Waals surface area contributed by atoms with Gasteiger partial charge in [-0.3, -0.25) is 4.79 Å². The van der Waals surface area contributed by atoms with Gasteiger partial charge in [-0.15, -0.1) is 0 Å². The summed E-state index contributed by atoms with van der Waals surface area (Å²) in [7, 11) is 0. The Hall–Kier alpha value is -0.830. The molecule has 1 unspecified atom stereocenters. The molecule has 5 rings (SSSR count). The van der Waals surface area contributed by atoms with Gasteiger partial charge < -0.3 is 5.32 Å². The second-order valence-corrected chi connectivity index (χ2v) is 8.77. The van der Waals surface area contributed by atoms with Crippen molar-refractivity contribution in [2.75, 3.05) is 0 Å². The molecule has 0 radical (unpaired) electrons. The van der Waals surface area contributed by atoms with E-state index in [1.807, 2.05) is 18.2 Å². The second kappa shape index (κ2) is 5.36. The lowest BCUT2D eigenvalue weighted by atomic mass is 9.49. The van der Waals surface area contributed by atoms with Gasteiger partial charge in [-0.05, 0) is 74.8 Å². The number of benzene rings is 1. The number of halogens is 1. The van der Waals surface area contributed by atoms with Gasteiger partial charge in [-0.1, -0.05) is 34.1 Å². The van der Waals surface area contributed by atoms with Crippen molar-refractivity contribution in [1.82, 2.24) is 5.32 Å². The van der Waals surface area contributed by atoms with E-state index >= 15 is 0 Å². The molecule has 1 atom stereocenters. The van der Waals surface area contributed by atoms with E-state index < -0.39 is 0 Å². The number of amides is 1. The van der Waals surface area contributed by atoms with Gasteiger partial charge in [0.2, 0.25) is 5.91 Å². The summed E-state index contributed by atoms with van der Waals surface area (Å²) in [6.07, 6.45) is 7.54. The fourth-order valence-electron chi connectivity index (χ4n) is 5.64. The predicted octanol–water partition coefficient (Wildman–Crippen LogP) is 4.84. The molecule has 1 aromatic carbocycles. The molecule has 4 saturated carbocycles. The maximum Gasteiger partial charge on any atom is 0.226 e. The summed E-state index contributed by atoms with van der Waals surface area (Å²) in [4.78, 5) is 13.1. The van der Waals surface area contributed by atoms with Crippen molar-refractivity contribution in [3.63, 3.8) is 0 Å². The number of carbonyl (C=O) groups excluding carboxylic acids is 1. The highest BCUT2D eigenvalue weighted by molar-refractivity contribution is 9.10. The van der Waals surface area contributed by atoms with E-state index in [1.165, 1.54) is 24.8 Å². The first-order chi connectivity index (χ1) is 10.6. The van der Waals surface area contributed by atoms with E-state index in [0.717, 1.165) is 41.5 Å². The molecule has 3 heteroatoms. The van der Waals surface area contributed by atoms with Gasteiger partial charge >= 0.3 is 0 Å². The lowest BCUT2D eigenvalue weighted by molar-refractivity contribution is -0.147. The third-order valence-corrected chi connectivity index (χ3v) is 6.96. The van der Waals surface area contributed by atoms with Crippen LogP contribution in [0.2, 0.25) is 0 Å². The van der Waals surface area contributed by atoms with Crippen LogP contribution < -0.4 is 5.32 Å². The molecule has 4 aliphatic carbocycles. The Morgan fingerprint density at radius 3 is 2.23 bits per heavy atom. The Morgan fingerprint density at radius 2 is 1.68 bits per heavy atom. The largest absolute Gasteiger partial charge is 0.349 e. The van der Waals surface area contributed by atoms with Gasteiger partial charge in [0.05, 0.1) is 6.04 Å². The molecule has 4 bridgehead atoms. The van der Waals surface area contributed by atoms with Crippen LogP contribution in [-0.4, -0.2) is 5.91 Å². The van der Waals surface area contributed by atoms with Gasteiger partial charge in [0.15, 0.2) is 0 Å². The third kappa shape index (κ3) is 2.42. The highest BCUT2D eigenvalue weighted by atomic mass is 79.9. The Kier molecular flexibility index (Phi) is 3.60. The highest BCUT2D eigenvalue weighted by Crippen LogP contribution is 2.60. The van der Waals surface area contributed by atoms with Crippen molar-refractivity contribution >= 4 is 21.8 Å².